The normalized spacial score (nSPS) is 38.2. The fourth-order valence-electron chi connectivity index (χ4n) is 11.7. The highest BCUT2D eigenvalue weighted by Gasteiger charge is 2.52. The van der Waals surface area contributed by atoms with Gasteiger partial charge in [0.2, 0.25) is 0 Å². The van der Waals surface area contributed by atoms with Crippen molar-refractivity contribution < 1.29 is 62.8 Å². The highest BCUT2D eigenvalue weighted by Crippen LogP contribution is 2.40. The fraction of sp³-hybridized carbons (Fsp3) is 0.778. The third-order valence-corrected chi connectivity index (χ3v) is 16.4. The van der Waals surface area contributed by atoms with Gasteiger partial charge < -0.3 is 63.4 Å². The molecule has 20 heteroatoms. The highest BCUT2D eigenvalue weighted by atomic mass is 19.1. The van der Waals surface area contributed by atoms with Gasteiger partial charge in [-0.2, -0.15) is 5.10 Å². The number of rotatable bonds is 16. The maximum atomic E-state index is 14.9. The molecule has 3 saturated heterocycles. The quantitative estimate of drug-likeness (QED) is 0.135. The zero-order valence-corrected chi connectivity index (χ0v) is 46.3. The van der Waals surface area contributed by atoms with Crippen molar-refractivity contribution in [2.75, 3.05) is 48.1 Å². The Bertz CT molecular complexity index is 2190. The van der Waals surface area contributed by atoms with E-state index in [1.165, 1.54) is 14.0 Å². The molecule has 0 amide bonds. The van der Waals surface area contributed by atoms with Gasteiger partial charge in [-0.25, -0.2) is 13.8 Å². The van der Waals surface area contributed by atoms with Crippen molar-refractivity contribution in [1.82, 2.24) is 34.6 Å². The number of likely N-dealkylation sites (N-methyl/N-ethyl adjacent to an activating group) is 2. The first kappa shape index (κ1) is 59.7. The predicted octanol–water partition coefficient (Wildman–Crippen LogP) is 5.22. The predicted molar refractivity (Wildman–Crippen MR) is 274 cm³/mol. The minimum atomic E-state index is -1.82. The third kappa shape index (κ3) is 13.8. The van der Waals surface area contributed by atoms with Gasteiger partial charge in [0.25, 0.3) is 0 Å². The van der Waals surface area contributed by atoms with Crippen molar-refractivity contribution in [3.05, 3.63) is 60.2 Å². The number of ether oxygens (including phenoxy) is 7. The average molecular weight is 1050 g/mol. The molecule has 0 unspecified atom stereocenters. The molecule has 0 spiro atoms. The largest absolute Gasteiger partial charge is 0.459 e. The van der Waals surface area contributed by atoms with Gasteiger partial charge in [-0.3, -0.25) is 4.79 Å². The van der Waals surface area contributed by atoms with Crippen LogP contribution >= 0.6 is 0 Å². The maximum Gasteiger partial charge on any atom is 0.311 e. The van der Waals surface area contributed by atoms with E-state index < -0.39 is 109 Å². The van der Waals surface area contributed by atoms with E-state index >= 15 is 0 Å². The number of nitrogens with zero attached hydrogens (tertiary/aromatic N) is 7. The van der Waals surface area contributed by atoms with Crippen molar-refractivity contribution in [2.45, 2.75) is 204 Å². The summed E-state index contributed by atoms with van der Waals surface area (Å²) in [6, 6.07) is 8.16. The molecule has 3 aromatic rings. The summed E-state index contributed by atoms with van der Waals surface area (Å²) >= 11 is 0. The lowest BCUT2D eigenvalue weighted by molar-refractivity contribution is -0.308. The number of cyclic esters (lactones) is 1. The number of carbonyl (C=O) groups is 1. The van der Waals surface area contributed by atoms with Gasteiger partial charge in [-0.05, 0) is 112 Å². The lowest BCUT2D eigenvalue weighted by atomic mass is 9.77. The molecule has 0 bridgehead atoms. The van der Waals surface area contributed by atoms with E-state index in [1.807, 2.05) is 83.2 Å². The van der Waals surface area contributed by atoms with E-state index in [1.54, 1.807) is 63.5 Å². The molecule has 74 heavy (non-hydrogen) atoms. The molecule has 1 aromatic carbocycles. The molecule has 2 aromatic heterocycles. The Labute approximate surface area is 437 Å². The summed E-state index contributed by atoms with van der Waals surface area (Å²) in [5.74, 6) is -2.57. The van der Waals surface area contributed by atoms with E-state index in [0.29, 0.717) is 38.0 Å². The molecule has 19 atom stereocenters. The summed E-state index contributed by atoms with van der Waals surface area (Å²) in [5.41, 5.74) is -2.04. The fourth-order valence-corrected chi connectivity index (χ4v) is 11.7. The molecule has 3 aliphatic heterocycles. The van der Waals surface area contributed by atoms with Crippen molar-refractivity contribution in [3.8, 4) is 5.69 Å². The highest BCUT2D eigenvalue weighted by molar-refractivity contribution is 5.73. The Balaban J connectivity index is 1.23. The lowest BCUT2D eigenvalue weighted by Gasteiger charge is -2.48. The summed E-state index contributed by atoms with van der Waals surface area (Å²) in [4.78, 5) is 18.7. The van der Waals surface area contributed by atoms with Crippen LogP contribution in [-0.2, 0) is 44.4 Å². The molecule has 4 N–H and O–H groups in total. The first-order chi connectivity index (χ1) is 34.9. The zero-order valence-electron chi connectivity index (χ0n) is 46.3. The second-order valence-corrected chi connectivity index (χ2v) is 22.4. The van der Waals surface area contributed by atoms with Gasteiger partial charge in [0.05, 0.1) is 52.9 Å². The Morgan fingerprint density at radius 1 is 0.959 bits per heavy atom. The molecule has 0 radical (unpaired) electrons. The molecule has 3 aliphatic rings. The molecule has 6 rings (SSSR count). The van der Waals surface area contributed by atoms with Gasteiger partial charge in [0.15, 0.2) is 12.6 Å². The number of esters is 1. The first-order valence-electron chi connectivity index (χ1n) is 26.6. The monoisotopic (exact) mass is 1050 g/mol. The number of carbonyl (C=O) groups excluding carboxylic acids is 1. The summed E-state index contributed by atoms with van der Waals surface area (Å²) in [5, 5.41) is 60.6. The first-order valence-corrected chi connectivity index (χ1v) is 26.6. The van der Waals surface area contributed by atoms with Crippen LogP contribution in [0.15, 0.2) is 48.9 Å². The molecule has 19 nitrogen and oxygen atoms in total. The van der Waals surface area contributed by atoms with Gasteiger partial charge >= 0.3 is 5.97 Å². The summed E-state index contributed by atoms with van der Waals surface area (Å²) in [6.45, 7) is 18.2. The van der Waals surface area contributed by atoms with E-state index in [0.717, 1.165) is 11.3 Å². The third-order valence-electron chi connectivity index (χ3n) is 16.4. The molecule has 3 fully saturated rings. The van der Waals surface area contributed by atoms with Crippen LogP contribution < -0.4 is 0 Å². The average Bonchev–Trinajstić information content (AvgIpc) is 4.08. The number of methoxy groups -OCH3 is 2. The van der Waals surface area contributed by atoms with Crippen LogP contribution in [0.1, 0.15) is 125 Å². The zero-order chi connectivity index (χ0) is 54.4. The van der Waals surface area contributed by atoms with Crippen LogP contribution in [-0.4, -0.2) is 193 Å². The van der Waals surface area contributed by atoms with Crippen LogP contribution in [0.4, 0.5) is 4.39 Å². The SMILES string of the molecule is CC[C@H]1OC(=O)[C@H](C)[C@@H](O[C@H]2C[C@@](C)(OC)[C@@H](O)[C@H](C)O2)[C@H](C)[C@@H](O[C@H]2C[C@@H](N(C)CCc3cn([C@H](CF)[C@H](OC)c4ccc(-n5cccn5)cc4)nn3)C[C@@H](C)O2)[C@](C)(O)C[C@@H](C)CN(C)[C@H](C)[C@@H](O)[C@]1(C)O. The molecule has 0 saturated carbocycles. The van der Waals surface area contributed by atoms with E-state index in [-0.39, 0.29) is 37.3 Å². The Morgan fingerprint density at radius 2 is 1.66 bits per heavy atom. The number of aliphatic hydroxyl groups excluding tert-OH is 2. The molecule has 418 valence electrons. The van der Waals surface area contributed by atoms with Crippen molar-refractivity contribution >= 4 is 5.97 Å². The smallest absolute Gasteiger partial charge is 0.311 e. The molecule has 0 aliphatic carbocycles. The van der Waals surface area contributed by atoms with E-state index in [4.69, 9.17) is 33.2 Å². The lowest BCUT2D eigenvalue weighted by Crippen LogP contribution is -2.59. The van der Waals surface area contributed by atoms with Gasteiger partial charge in [-0.1, -0.05) is 38.1 Å². The summed E-state index contributed by atoms with van der Waals surface area (Å²) in [7, 11) is 6.97. The number of aromatic nitrogens is 5. The Kier molecular flexibility index (Phi) is 20.4. The van der Waals surface area contributed by atoms with Crippen molar-refractivity contribution in [2.24, 2.45) is 17.8 Å². The van der Waals surface area contributed by atoms with Gasteiger partial charge in [0, 0.05) is 83.2 Å². The molecular weight excluding hydrogens is 958 g/mol. The van der Waals surface area contributed by atoms with Crippen molar-refractivity contribution in [3.63, 3.8) is 0 Å². The number of alkyl halides is 1. The topological polar surface area (TPSA) is 218 Å². The summed E-state index contributed by atoms with van der Waals surface area (Å²) in [6.07, 6.45) is -1.01. The van der Waals surface area contributed by atoms with Gasteiger partial charge in [-0.15, -0.1) is 5.10 Å². The Hall–Kier alpha value is -3.51. The summed E-state index contributed by atoms with van der Waals surface area (Å²) < 4.78 is 62.7. The van der Waals surface area contributed by atoms with Crippen LogP contribution in [0.5, 0.6) is 0 Å². The number of hydrogen-bond donors (Lipinski definition) is 4. The standard InChI is InChI=1S/C54H88FN7O12/c1-15-43-54(10,67)48(63)36(6)60(12)30-32(2)27-52(8,66)50(34(4)46(35(5)51(65)72-43)73-45-28-53(9,69-14)49(64)37(7)71-45)74-44-26-41(25-33(3)70-44)59(11)24-21-39-31-62(58-57-39)42(29-55)47(68-13)38-17-19-40(20-18-38)61-23-16-22-56-61/h16-20,22-23,31-37,41-50,63-64,66-67H,15,21,24-30H2,1-14H3/t32-,33-,34+,35-,36-,37+,41+,42-,43-,44+,45+,46+,47-,48-,49+,50-,52-,53-,54-/m1/s1. The van der Waals surface area contributed by atoms with Crippen LogP contribution in [0.25, 0.3) is 5.69 Å². The number of aliphatic hydroxyl groups is 4. The van der Waals surface area contributed by atoms with Crippen LogP contribution in [0, 0.1) is 17.8 Å². The second-order valence-electron chi connectivity index (χ2n) is 22.4. The molecular formula is C54H88FN7O12. The van der Waals surface area contributed by atoms with E-state index in [9.17, 15) is 29.6 Å². The van der Waals surface area contributed by atoms with Gasteiger partial charge in [0.1, 0.15) is 42.7 Å². The minimum Gasteiger partial charge on any atom is -0.459 e. The number of benzene rings is 1. The number of hydrogen-bond acceptors (Lipinski definition) is 17. The maximum absolute atomic E-state index is 14.9. The Morgan fingerprint density at radius 3 is 2.28 bits per heavy atom. The minimum absolute atomic E-state index is 0.0158. The number of halogens is 1. The van der Waals surface area contributed by atoms with Crippen molar-refractivity contribution in [1.29, 1.82) is 0 Å². The van der Waals surface area contributed by atoms with Crippen LogP contribution in [0.2, 0.25) is 0 Å². The van der Waals surface area contributed by atoms with Crippen LogP contribution in [0.3, 0.4) is 0 Å². The molecule has 5 heterocycles. The second kappa shape index (κ2) is 25.3. The van der Waals surface area contributed by atoms with E-state index in [2.05, 4.69) is 20.3 Å².